The van der Waals surface area contributed by atoms with Gasteiger partial charge in [-0.2, -0.15) is 13.2 Å². The first kappa shape index (κ1) is 22.1. The van der Waals surface area contributed by atoms with Crippen LogP contribution in [0.15, 0.2) is 18.2 Å². The van der Waals surface area contributed by atoms with E-state index >= 15 is 0 Å². The maximum absolute atomic E-state index is 12.6. The van der Waals surface area contributed by atoms with Crippen molar-refractivity contribution >= 4 is 24.0 Å². The summed E-state index contributed by atoms with van der Waals surface area (Å²) in [5.41, 5.74) is -2.48. The number of rotatable bonds is 8. The summed E-state index contributed by atoms with van der Waals surface area (Å²) in [6.07, 6.45) is -4.72. The minimum atomic E-state index is -4.72. The summed E-state index contributed by atoms with van der Waals surface area (Å²) in [4.78, 5) is 21.7. The van der Waals surface area contributed by atoms with Gasteiger partial charge < -0.3 is 15.4 Å². The van der Waals surface area contributed by atoms with Crippen LogP contribution in [0.4, 0.5) is 18.9 Å². The molecule has 0 radical (unpaired) electrons. The van der Waals surface area contributed by atoms with Crippen molar-refractivity contribution in [2.45, 2.75) is 6.18 Å². The van der Waals surface area contributed by atoms with E-state index in [1.807, 2.05) is 0 Å². The molecule has 1 aromatic carbocycles. The maximum Gasteiger partial charge on any atom is 0.416 e. The number of hydrogen-bond acceptors (Lipinski definition) is 5. The number of nitrogens with one attached hydrogen (secondary N) is 2. The normalized spacial score (nSPS) is 10.8. The van der Waals surface area contributed by atoms with E-state index in [0.29, 0.717) is 31.8 Å². The lowest BCUT2D eigenvalue weighted by molar-refractivity contribution is -0.385. The summed E-state index contributed by atoms with van der Waals surface area (Å²) in [6.45, 7) is 1.61. The Morgan fingerprint density at radius 1 is 1.29 bits per heavy atom. The first-order valence-electron chi connectivity index (χ1n) is 6.61. The smallest absolute Gasteiger partial charge is 0.383 e. The van der Waals surface area contributed by atoms with Crippen LogP contribution in [0, 0.1) is 10.1 Å². The standard InChI is InChI=1S/C13H16F3N3O4.ClH/c1-23-7-6-17-4-5-18-12(20)10-3-2-9(13(14,15)16)8-11(10)19(21)22;/h2-3,8,17H,4-7H2,1H3,(H,18,20);1H. The molecule has 1 rings (SSSR count). The lowest BCUT2D eigenvalue weighted by Crippen LogP contribution is -2.33. The largest absolute Gasteiger partial charge is 0.416 e. The fraction of sp³-hybridized carbons (Fsp3) is 0.462. The molecule has 136 valence electrons. The molecule has 7 nitrogen and oxygen atoms in total. The summed E-state index contributed by atoms with van der Waals surface area (Å²) < 4.78 is 42.5. The van der Waals surface area contributed by atoms with E-state index in [9.17, 15) is 28.1 Å². The molecule has 0 spiro atoms. The molecule has 0 aromatic heterocycles. The van der Waals surface area contributed by atoms with Gasteiger partial charge in [0.25, 0.3) is 11.6 Å². The average molecular weight is 372 g/mol. The van der Waals surface area contributed by atoms with Gasteiger partial charge in [0.15, 0.2) is 0 Å². The van der Waals surface area contributed by atoms with Crippen LogP contribution in [-0.2, 0) is 10.9 Å². The number of methoxy groups -OCH3 is 1. The fourth-order valence-corrected chi connectivity index (χ4v) is 1.71. The Morgan fingerprint density at radius 3 is 2.50 bits per heavy atom. The van der Waals surface area contributed by atoms with E-state index in [1.54, 1.807) is 0 Å². The number of carbonyl (C=O) groups is 1. The quantitative estimate of drug-likeness (QED) is 0.414. The molecule has 0 atom stereocenters. The summed E-state index contributed by atoms with van der Waals surface area (Å²) in [5.74, 6) is -0.807. The van der Waals surface area contributed by atoms with E-state index in [-0.39, 0.29) is 19.0 Å². The van der Waals surface area contributed by atoms with Crippen LogP contribution in [0.1, 0.15) is 15.9 Å². The van der Waals surface area contributed by atoms with Crippen molar-refractivity contribution in [1.82, 2.24) is 10.6 Å². The Morgan fingerprint density at radius 2 is 1.96 bits per heavy atom. The van der Waals surface area contributed by atoms with Crippen molar-refractivity contribution < 1.29 is 27.6 Å². The van der Waals surface area contributed by atoms with Crippen molar-refractivity contribution in [3.05, 3.63) is 39.4 Å². The van der Waals surface area contributed by atoms with Crippen LogP contribution in [0.5, 0.6) is 0 Å². The summed E-state index contributed by atoms with van der Waals surface area (Å²) in [5, 5.41) is 16.2. The van der Waals surface area contributed by atoms with Crippen LogP contribution < -0.4 is 10.6 Å². The molecule has 1 aromatic rings. The number of benzene rings is 1. The van der Waals surface area contributed by atoms with Gasteiger partial charge in [-0.25, -0.2) is 0 Å². The van der Waals surface area contributed by atoms with Crippen LogP contribution in [0.2, 0.25) is 0 Å². The van der Waals surface area contributed by atoms with Crippen LogP contribution in [0.3, 0.4) is 0 Å². The molecular weight excluding hydrogens is 355 g/mol. The second-order valence-electron chi connectivity index (χ2n) is 4.49. The number of nitro benzene ring substituents is 1. The second kappa shape index (κ2) is 10.1. The molecule has 0 fully saturated rings. The second-order valence-corrected chi connectivity index (χ2v) is 4.49. The number of carbonyl (C=O) groups excluding carboxylic acids is 1. The molecule has 0 aliphatic rings. The number of nitrogens with zero attached hydrogens (tertiary/aromatic N) is 1. The van der Waals surface area contributed by atoms with E-state index < -0.39 is 33.8 Å². The number of ether oxygens (including phenoxy) is 1. The first-order chi connectivity index (χ1) is 10.8. The molecule has 1 amide bonds. The van der Waals surface area contributed by atoms with Crippen molar-refractivity contribution in [2.24, 2.45) is 0 Å². The van der Waals surface area contributed by atoms with E-state index in [4.69, 9.17) is 4.74 Å². The lowest BCUT2D eigenvalue weighted by Gasteiger charge is -2.09. The average Bonchev–Trinajstić information content (AvgIpc) is 2.49. The van der Waals surface area contributed by atoms with E-state index in [2.05, 4.69) is 10.6 Å². The third-order valence-electron chi connectivity index (χ3n) is 2.84. The zero-order valence-corrected chi connectivity index (χ0v) is 13.5. The Bertz CT molecular complexity index is 570. The third-order valence-corrected chi connectivity index (χ3v) is 2.84. The van der Waals surface area contributed by atoms with Gasteiger partial charge in [-0.3, -0.25) is 14.9 Å². The lowest BCUT2D eigenvalue weighted by atomic mass is 10.1. The van der Waals surface area contributed by atoms with Gasteiger partial charge >= 0.3 is 6.18 Å². The Kier molecular flexibility index (Phi) is 9.26. The Balaban J connectivity index is 0.00000529. The number of nitro groups is 1. The first-order valence-corrected chi connectivity index (χ1v) is 6.61. The number of hydrogen-bond donors (Lipinski definition) is 2. The van der Waals surface area contributed by atoms with Crippen molar-refractivity contribution in [2.75, 3.05) is 33.4 Å². The molecule has 11 heteroatoms. The van der Waals surface area contributed by atoms with Crippen molar-refractivity contribution in [3.8, 4) is 0 Å². The predicted molar refractivity (Wildman–Crippen MR) is 82.4 cm³/mol. The van der Waals surface area contributed by atoms with E-state index in [1.165, 1.54) is 7.11 Å². The van der Waals surface area contributed by atoms with Gasteiger partial charge in [-0.05, 0) is 12.1 Å². The highest BCUT2D eigenvalue weighted by atomic mass is 35.5. The van der Waals surface area contributed by atoms with Gasteiger partial charge in [0.2, 0.25) is 0 Å². The minimum Gasteiger partial charge on any atom is -0.383 e. The zero-order valence-electron chi connectivity index (χ0n) is 12.7. The molecule has 0 saturated heterocycles. The van der Waals surface area contributed by atoms with E-state index in [0.717, 1.165) is 6.07 Å². The van der Waals surface area contributed by atoms with Crippen molar-refractivity contribution in [1.29, 1.82) is 0 Å². The Hall–Kier alpha value is -1.91. The van der Waals surface area contributed by atoms with Gasteiger partial charge in [-0.1, -0.05) is 0 Å². The summed E-state index contributed by atoms with van der Waals surface area (Å²) >= 11 is 0. The van der Waals surface area contributed by atoms with Crippen LogP contribution >= 0.6 is 12.4 Å². The molecular formula is C13H17ClF3N3O4. The Labute approximate surface area is 142 Å². The van der Waals surface area contributed by atoms with Gasteiger partial charge in [0.1, 0.15) is 5.56 Å². The van der Waals surface area contributed by atoms with Gasteiger partial charge in [0, 0.05) is 32.8 Å². The molecule has 0 aliphatic carbocycles. The molecule has 0 saturated carbocycles. The highest BCUT2D eigenvalue weighted by Crippen LogP contribution is 2.32. The van der Waals surface area contributed by atoms with Crippen molar-refractivity contribution in [3.63, 3.8) is 0 Å². The molecule has 0 aliphatic heterocycles. The van der Waals surface area contributed by atoms with Crippen LogP contribution in [-0.4, -0.2) is 44.2 Å². The van der Waals surface area contributed by atoms with Gasteiger partial charge in [-0.15, -0.1) is 12.4 Å². The zero-order chi connectivity index (χ0) is 17.5. The molecule has 0 heterocycles. The molecule has 2 N–H and O–H groups in total. The minimum absolute atomic E-state index is 0. The third kappa shape index (κ3) is 6.69. The SMILES string of the molecule is COCCNCCNC(=O)c1ccc(C(F)(F)F)cc1[N+](=O)[O-].Cl. The molecule has 0 bridgehead atoms. The number of amides is 1. The predicted octanol–water partition coefficient (Wildman–Crippen LogP) is 2.00. The molecule has 24 heavy (non-hydrogen) atoms. The molecule has 0 unspecified atom stereocenters. The number of alkyl halides is 3. The number of halogens is 4. The summed E-state index contributed by atoms with van der Waals surface area (Å²) in [6, 6.07) is 1.79. The fourth-order valence-electron chi connectivity index (χ4n) is 1.71. The monoisotopic (exact) mass is 371 g/mol. The highest BCUT2D eigenvalue weighted by Gasteiger charge is 2.33. The van der Waals surface area contributed by atoms with Crippen LogP contribution in [0.25, 0.3) is 0 Å². The summed E-state index contributed by atoms with van der Waals surface area (Å²) in [7, 11) is 1.53. The van der Waals surface area contributed by atoms with Gasteiger partial charge in [0.05, 0.1) is 17.1 Å². The highest BCUT2D eigenvalue weighted by molar-refractivity contribution is 5.98. The topological polar surface area (TPSA) is 93.5 Å². The maximum atomic E-state index is 12.6.